The summed E-state index contributed by atoms with van der Waals surface area (Å²) in [6.45, 7) is 2.19. The first kappa shape index (κ1) is 10.5. The van der Waals surface area contributed by atoms with Crippen LogP contribution in [-0.2, 0) is 9.59 Å². The highest BCUT2D eigenvalue weighted by molar-refractivity contribution is 5.86. The normalized spacial score (nSPS) is 46.9. The van der Waals surface area contributed by atoms with E-state index in [0.29, 0.717) is 29.3 Å². The molecule has 4 rings (SSSR count). The first-order chi connectivity index (χ1) is 7.66. The lowest BCUT2D eigenvalue weighted by Crippen LogP contribution is -2.55. The van der Waals surface area contributed by atoms with Gasteiger partial charge in [-0.15, -0.1) is 0 Å². The predicted octanol–water partition coefficient (Wildman–Crippen LogP) is 2.75. The Kier molecular flexibility index (Phi) is 2.24. The third kappa shape index (κ3) is 1.25. The lowest BCUT2D eigenvalue weighted by atomic mass is 9.46. The molecule has 0 N–H and O–H groups in total. The largest absolute Gasteiger partial charge is 0.300 e. The van der Waals surface area contributed by atoms with Crippen molar-refractivity contribution in [2.45, 2.75) is 51.9 Å². The maximum atomic E-state index is 12.1. The van der Waals surface area contributed by atoms with Gasteiger partial charge in [-0.05, 0) is 36.5 Å². The Labute approximate surface area is 96.8 Å². The number of Topliss-reactive ketones (excluding diaryl/α,β-unsaturated/α-hetero) is 2. The van der Waals surface area contributed by atoms with E-state index < -0.39 is 0 Å². The molecule has 4 fully saturated rings. The maximum Gasteiger partial charge on any atom is 0.136 e. The zero-order chi connectivity index (χ0) is 11.3. The van der Waals surface area contributed by atoms with Gasteiger partial charge < -0.3 is 0 Å². The van der Waals surface area contributed by atoms with Gasteiger partial charge in [-0.2, -0.15) is 0 Å². The zero-order valence-electron chi connectivity index (χ0n) is 10.00. The Morgan fingerprint density at radius 1 is 1.31 bits per heavy atom. The van der Waals surface area contributed by atoms with E-state index in [1.807, 2.05) is 0 Å². The summed E-state index contributed by atoms with van der Waals surface area (Å²) >= 11 is 0. The molecule has 2 bridgehead atoms. The van der Waals surface area contributed by atoms with Crippen LogP contribution in [0, 0.1) is 23.2 Å². The van der Waals surface area contributed by atoms with Gasteiger partial charge in [0.05, 0.1) is 0 Å². The first-order valence-corrected chi connectivity index (χ1v) is 6.71. The van der Waals surface area contributed by atoms with Crippen LogP contribution in [0.5, 0.6) is 0 Å². The molecule has 4 unspecified atom stereocenters. The number of ketones is 2. The molecule has 4 aliphatic carbocycles. The molecule has 4 atom stereocenters. The summed E-state index contributed by atoms with van der Waals surface area (Å²) in [5, 5.41) is 0. The van der Waals surface area contributed by atoms with Crippen molar-refractivity contribution < 1.29 is 9.59 Å². The summed E-state index contributed by atoms with van der Waals surface area (Å²) in [4.78, 5) is 23.7. The Hall–Kier alpha value is -0.660. The Morgan fingerprint density at radius 3 is 2.81 bits per heavy atom. The fraction of sp³-hybridized carbons (Fsp3) is 0.857. The standard InChI is InChI=1S/C14H20O2/c1-2-10-11-4-6-14(8-13(11)16)5-3-9(15)7-12(10)14/h10-12H,2-8H2,1H3. The van der Waals surface area contributed by atoms with E-state index in [0.717, 1.165) is 38.5 Å². The second kappa shape index (κ2) is 3.41. The van der Waals surface area contributed by atoms with Crippen LogP contribution < -0.4 is 0 Å². The van der Waals surface area contributed by atoms with E-state index >= 15 is 0 Å². The molecule has 0 radical (unpaired) electrons. The monoisotopic (exact) mass is 220 g/mol. The van der Waals surface area contributed by atoms with Gasteiger partial charge in [0.1, 0.15) is 11.6 Å². The SMILES string of the molecule is CCC1C2CCC3(CCC(=O)CC13)CC2=O. The van der Waals surface area contributed by atoms with Gasteiger partial charge in [0.2, 0.25) is 0 Å². The molecule has 1 spiro atoms. The average Bonchev–Trinajstić information content (AvgIpc) is 2.28. The van der Waals surface area contributed by atoms with E-state index in [9.17, 15) is 9.59 Å². The van der Waals surface area contributed by atoms with Crippen molar-refractivity contribution in [1.29, 1.82) is 0 Å². The molecule has 16 heavy (non-hydrogen) atoms. The molecular weight excluding hydrogens is 200 g/mol. The quantitative estimate of drug-likeness (QED) is 0.681. The average molecular weight is 220 g/mol. The summed E-state index contributed by atoms with van der Waals surface area (Å²) in [5.41, 5.74) is 0.237. The molecule has 0 aromatic rings. The van der Waals surface area contributed by atoms with Gasteiger partial charge in [0, 0.05) is 25.2 Å². The van der Waals surface area contributed by atoms with Gasteiger partial charge in [-0.3, -0.25) is 9.59 Å². The Balaban J connectivity index is 1.97. The topological polar surface area (TPSA) is 34.1 Å². The van der Waals surface area contributed by atoms with Crippen molar-refractivity contribution in [3.63, 3.8) is 0 Å². The molecule has 4 saturated carbocycles. The van der Waals surface area contributed by atoms with Crippen LogP contribution in [-0.4, -0.2) is 11.6 Å². The smallest absolute Gasteiger partial charge is 0.136 e. The van der Waals surface area contributed by atoms with E-state index in [2.05, 4.69) is 6.92 Å². The molecule has 0 aromatic carbocycles. The van der Waals surface area contributed by atoms with Crippen LogP contribution in [0.15, 0.2) is 0 Å². The Bertz CT molecular complexity index is 347. The minimum absolute atomic E-state index is 0.237. The Morgan fingerprint density at radius 2 is 2.12 bits per heavy atom. The highest BCUT2D eigenvalue weighted by Gasteiger charge is 2.57. The molecule has 0 amide bonds. The fourth-order valence-electron chi connectivity index (χ4n) is 4.75. The van der Waals surface area contributed by atoms with Crippen LogP contribution in [0.4, 0.5) is 0 Å². The van der Waals surface area contributed by atoms with Crippen LogP contribution in [0.3, 0.4) is 0 Å². The second-order valence-electron chi connectivity index (χ2n) is 6.07. The van der Waals surface area contributed by atoms with Crippen LogP contribution >= 0.6 is 0 Å². The molecule has 0 heterocycles. The molecule has 0 aliphatic heterocycles. The fourth-order valence-corrected chi connectivity index (χ4v) is 4.75. The van der Waals surface area contributed by atoms with E-state index in [1.165, 1.54) is 6.42 Å². The second-order valence-corrected chi connectivity index (χ2v) is 6.07. The maximum absolute atomic E-state index is 12.1. The lowest BCUT2D eigenvalue weighted by molar-refractivity contribution is -0.156. The van der Waals surface area contributed by atoms with Crippen LogP contribution in [0.25, 0.3) is 0 Å². The lowest BCUT2D eigenvalue weighted by Gasteiger charge is -2.57. The minimum atomic E-state index is 0.237. The number of hydrogen-bond donors (Lipinski definition) is 0. The molecule has 2 heteroatoms. The van der Waals surface area contributed by atoms with Gasteiger partial charge in [-0.25, -0.2) is 0 Å². The van der Waals surface area contributed by atoms with Crippen molar-refractivity contribution >= 4 is 11.6 Å². The number of fused-ring (bicyclic) bond motifs is 2. The third-order valence-electron chi connectivity index (χ3n) is 5.53. The van der Waals surface area contributed by atoms with Crippen molar-refractivity contribution in [2.24, 2.45) is 23.2 Å². The van der Waals surface area contributed by atoms with Gasteiger partial charge in [-0.1, -0.05) is 13.3 Å². The number of carbonyl (C=O) groups excluding carboxylic acids is 2. The number of hydrogen-bond acceptors (Lipinski definition) is 2. The van der Waals surface area contributed by atoms with Crippen molar-refractivity contribution in [1.82, 2.24) is 0 Å². The minimum Gasteiger partial charge on any atom is -0.300 e. The van der Waals surface area contributed by atoms with Crippen molar-refractivity contribution in [3.8, 4) is 0 Å². The van der Waals surface area contributed by atoms with E-state index in [-0.39, 0.29) is 5.41 Å². The van der Waals surface area contributed by atoms with Crippen LogP contribution in [0.2, 0.25) is 0 Å². The first-order valence-electron chi connectivity index (χ1n) is 6.71. The van der Waals surface area contributed by atoms with E-state index in [1.54, 1.807) is 0 Å². The van der Waals surface area contributed by atoms with Crippen molar-refractivity contribution in [2.75, 3.05) is 0 Å². The molecule has 0 aromatic heterocycles. The zero-order valence-corrected chi connectivity index (χ0v) is 10.00. The summed E-state index contributed by atoms with van der Waals surface area (Å²) in [5.74, 6) is 2.29. The molecule has 88 valence electrons. The number of rotatable bonds is 1. The summed E-state index contributed by atoms with van der Waals surface area (Å²) in [6, 6.07) is 0. The molecule has 2 nitrogen and oxygen atoms in total. The van der Waals surface area contributed by atoms with Gasteiger partial charge >= 0.3 is 0 Å². The van der Waals surface area contributed by atoms with E-state index in [4.69, 9.17) is 0 Å². The highest BCUT2D eigenvalue weighted by Crippen LogP contribution is 2.61. The summed E-state index contributed by atoms with van der Waals surface area (Å²) in [6.07, 6.45) is 6.65. The third-order valence-corrected chi connectivity index (χ3v) is 5.53. The van der Waals surface area contributed by atoms with Gasteiger partial charge in [0.25, 0.3) is 0 Å². The van der Waals surface area contributed by atoms with Crippen LogP contribution in [0.1, 0.15) is 51.9 Å². The summed E-state index contributed by atoms with van der Waals surface area (Å²) in [7, 11) is 0. The molecule has 4 aliphatic rings. The predicted molar refractivity (Wildman–Crippen MR) is 60.9 cm³/mol. The highest BCUT2D eigenvalue weighted by atomic mass is 16.1. The summed E-state index contributed by atoms with van der Waals surface area (Å²) < 4.78 is 0. The molecule has 0 saturated heterocycles. The van der Waals surface area contributed by atoms with Gasteiger partial charge in [0.15, 0.2) is 0 Å². The number of carbonyl (C=O) groups is 2. The van der Waals surface area contributed by atoms with Crippen molar-refractivity contribution in [3.05, 3.63) is 0 Å². The molecular formula is C14H20O2.